The van der Waals surface area contributed by atoms with E-state index >= 15 is 0 Å². The highest BCUT2D eigenvalue weighted by molar-refractivity contribution is 5.66. The number of anilines is 2. The normalized spacial score (nSPS) is 13.9. The average molecular weight is 415 g/mol. The van der Waals surface area contributed by atoms with Gasteiger partial charge in [-0.15, -0.1) is 8.78 Å². The molecule has 1 aliphatic heterocycles. The van der Waals surface area contributed by atoms with E-state index in [0.717, 1.165) is 5.56 Å². The Morgan fingerprint density at radius 1 is 1.17 bits per heavy atom. The van der Waals surface area contributed by atoms with Gasteiger partial charge in [0.1, 0.15) is 0 Å². The quantitative estimate of drug-likeness (QED) is 0.658. The molecule has 9 heteroatoms. The van der Waals surface area contributed by atoms with E-state index in [1.807, 2.05) is 37.3 Å². The van der Waals surface area contributed by atoms with Gasteiger partial charge in [0.2, 0.25) is 11.7 Å². The standard InChI is InChI=1S/C21H19F2N3O4/c1-3-14-9-16-17(30-21(22,23)29-16)10-15(14)24-20-25-19(27)18(28-2)12-26(20)11-13-7-5-4-6-8-13/h4-10,12H,3,11H2,1-2H3,(H,24,25,27). The molecule has 1 N–H and O–H groups in total. The van der Waals surface area contributed by atoms with Crippen molar-refractivity contribution in [3.63, 3.8) is 0 Å². The topological polar surface area (TPSA) is 74.6 Å². The first-order chi connectivity index (χ1) is 14.4. The summed E-state index contributed by atoms with van der Waals surface area (Å²) >= 11 is 0. The number of hydrogen-bond acceptors (Lipinski definition) is 6. The number of alkyl halides is 2. The molecule has 3 aromatic rings. The Kier molecular flexibility index (Phi) is 5.03. The molecular weight excluding hydrogens is 396 g/mol. The second-order valence-corrected chi connectivity index (χ2v) is 6.65. The number of benzene rings is 2. The van der Waals surface area contributed by atoms with Crippen molar-refractivity contribution in [3.05, 3.63) is 70.1 Å². The predicted molar refractivity (Wildman–Crippen MR) is 106 cm³/mol. The molecule has 0 fully saturated rings. The zero-order chi connectivity index (χ0) is 21.3. The van der Waals surface area contributed by atoms with Gasteiger partial charge in [-0.3, -0.25) is 4.79 Å². The van der Waals surface area contributed by atoms with Crippen LogP contribution in [-0.4, -0.2) is 23.0 Å². The average Bonchev–Trinajstić information content (AvgIpc) is 3.02. The molecule has 0 radical (unpaired) electrons. The Morgan fingerprint density at radius 2 is 1.87 bits per heavy atom. The molecule has 2 heterocycles. The highest BCUT2D eigenvalue weighted by atomic mass is 19.3. The molecule has 2 aromatic carbocycles. The lowest BCUT2D eigenvalue weighted by molar-refractivity contribution is -0.286. The molecule has 4 rings (SSSR count). The molecule has 0 amide bonds. The van der Waals surface area contributed by atoms with E-state index in [4.69, 9.17) is 4.74 Å². The zero-order valence-corrected chi connectivity index (χ0v) is 16.3. The molecule has 156 valence electrons. The molecule has 0 aliphatic carbocycles. The molecule has 0 unspecified atom stereocenters. The molecular formula is C21H19F2N3O4. The highest BCUT2D eigenvalue weighted by Gasteiger charge is 2.43. The Bertz CT molecular complexity index is 1130. The zero-order valence-electron chi connectivity index (χ0n) is 16.3. The molecule has 0 bridgehead atoms. The van der Waals surface area contributed by atoms with Gasteiger partial charge in [-0.05, 0) is 23.6 Å². The maximum absolute atomic E-state index is 13.4. The Morgan fingerprint density at radius 3 is 2.53 bits per heavy atom. The number of aromatic nitrogens is 2. The third-order valence-corrected chi connectivity index (χ3v) is 4.63. The van der Waals surface area contributed by atoms with Crippen LogP contribution < -0.4 is 25.1 Å². The predicted octanol–water partition coefficient (Wildman–Crippen LogP) is 3.93. The summed E-state index contributed by atoms with van der Waals surface area (Å²) in [6.45, 7) is 2.29. The van der Waals surface area contributed by atoms with Crippen molar-refractivity contribution in [3.8, 4) is 17.2 Å². The monoisotopic (exact) mass is 415 g/mol. The lowest BCUT2D eigenvalue weighted by Gasteiger charge is -2.17. The van der Waals surface area contributed by atoms with Gasteiger partial charge in [0, 0.05) is 11.8 Å². The van der Waals surface area contributed by atoms with Crippen molar-refractivity contribution in [1.82, 2.24) is 9.55 Å². The smallest absolute Gasteiger partial charge is 0.490 e. The van der Waals surface area contributed by atoms with E-state index in [1.54, 1.807) is 10.8 Å². The van der Waals surface area contributed by atoms with Gasteiger partial charge in [0.25, 0.3) is 0 Å². The first kappa shape index (κ1) is 19.7. The van der Waals surface area contributed by atoms with E-state index in [9.17, 15) is 13.6 Å². The van der Waals surface area contributed by atoms with Crippen LogP contribution in [0.5, 0.6) is 17.2 Å². The lowest BCUT2D eigenvalue weighted by Crippen LogP contribution is -2.25. The summed E-state index contributed by atoms with van der Waals surface area (Å²) in [5, 5.41) is 3.08. The molecule has 0 atom stereocenters. The Hall–Kier alpha value is -3.62. The van der Waals surface area contributed by atoms with Gasteiger partial charge in [-0.2, -0.15) is 4.98 Å². The molecule has 0 saturated heterocycles. The fraction of sp³-hybridized carbons (Fsp3) is 0.238. The number of fused-ring (bicyclic) bond motifs is 1. The van der Waals surface area contributed by atoms with Gasteiger partial charge < -0.3 is 24.1 Å². The fourth-order valence-electron chi connectivity index (χ4n) is 3.18. The van der Waals surface area contributed by atoms with Gasteiger partial charge in [-0.25, -0.2) is 0 Å². The first-order valence-corrected chi connectivity index (χ1v) is 9.27. The van der Waals surface area contributed by atoms with Crippen molar-refractivity contribution in [2.24, 2.45) is 0 Å². The van der Waals surface area contributed by atoms with Crippen molar-refractivity contribution < 1.29 is 23.0 Å². The summed E-state index contributed by atoms with van der Waals surface area (Å²) < 4.78 is 42.8. The molecule has 1 aromatic heterocycles. The number of aryl methyl sites for hydroxylation is 1. The van der Waals surface area contributed by atoms with E-state index in [2.05, 4.69) is 19.8 Å². The summed E-state index contributed by atoms with van der Waals surface area (Å²) in [5.74, 6) is 0.208. The van der Waals surface area contributed by atoms with Gasteiger partial charge in [0.05, 0.1) is 19.9 Å². The van der Waals surface area contributed by atoms with Crippen LogP contribution in [0, 0.1) is 0 Å². The first-order valence-electron chi connectivity index (χ1n) is 9.27. The van der Waals surface area contributed by atoms with Crippen molar-refractivity contribution in [2.45, 2.75) is 26.2 Å². The van der Waals surface area contributed by atoms with Crippen LogP contribution in [-0.2, 0) is 13.0 Å². The van der Waals surface area contributed by atoms with Crippen LogP contribution in [0.4, 0.5) is 20.4 Å². The molecule has 7 nitrogen and oxygen atoms in total. The summed E-state index contributed by atoms with van der Waals surface area (Å²) in [7, 11) is 1.39. The van der Waals surface area contributed by atoms with Crippen LogP contribution >= 0.6 is 0 Å². The maximum Gasteiger partial charge on any atom is 0.586 e. The summed E-state index contributed by atoms with van der Waals surface area (Å²) in [6, 6.07) is 12.5. The van der Waals surface area contributed by atoms with Gasteiger partial charge in [0.15, 0.2) is 11.5 Å². The number of methoxy groups -OCH3 is 1. The minimum atomic E-state index is -3.71. The third kappa shape index (κ3) is 3.91. The second kappa shape index (κ2) is 7.66. The Balaban J connectivity index is 1.74. The molecule has 30 heavy (non-hydrogen) atoms. The van der Waals surface area contributed by atoms with E-state index in [0.29, 0.717) is 24.2 Å². The van der Waals surface area contributed by atoms with Crippen molar-refractivity contribution in [2.75, 3.05) is 12.4 Å². The number of rotatable bonds is 6. The fourth-order valence-corrected chi connectivity index (χ4v) is 3.18. The largest absolute Gasteiger partial charge is 0.586 e. The SMILES string of the molecule is CCc1cc2c(cc1Nc1nc(=O)c(OC)cn1Cc1ccccc1)OC(F)(F)O2. The molecule has 0 spiro atoms. The van der Waals surface area contributed by atoms with Crippen LogP contribution in [0.25, 0.3) is 0 Å². The van der Waals surface area contributed by atoms with Crippen LogP contribution in [0.1, 0.15) is 18.1 Å². The summed E-state index contributed by atoms with van der Waals surface area (Å²) in [6.07, 6.45) is -1.62. The highest BCUT2D eigenvalue weighted by Crippen LogP contribution is 2.44. The molecule has 0 saturated carbocycles. The molecule has 1 aliphatic rings. The van der Waals surface area contributed by atoms with Gasteiger partial charge in [-0.1, -0.05) is 37.3 Å². The van der Waals surface area contributed by atoms with Crippen LogP contribution in [0.3, 0.4) is 0 Å². The number of nitrogens with one attached hydrogen (secondary N) is 1. The number of ether oxygens (including phenoxy) is 3. The number of hydrogen-bond donors (Lipinski definition) is 1. The van der Waals surface area contributed by atoms with Crippen LogP contribution in [0.2, 0.25) is 0 Å². The van der Waals surface area contributed by atoms with Gasteiger partial charge >= 0.3 is 11.9 Å². The van der Waals surface area contributed by atoms with E-state index in [1.165, 1.54) is 19.2 Å². The Labute approximate surface area is 170 Å². The lowest BCUT2D eigenvalue weighted by atomic mass is 10.1. The minimum Gasteiger partial charge on any atom is -0.490 e. The van der Waals surface area contributed by atoms with Crippen molar-refractivity contribution >= 4 is 11.6 Å². The minimum absolute atomic E-state index is 0.0354. The van der Waals surface area contributed by atoms with Crippen LogP contribution in [0.15, 0.2) is 53.5 Å². The number of halogens is 2. The second-order valence-electron chi connectivity index (χ2n) is 6.65. The third-order valence-electron chi connectivity index (χ3n) is 4.63. The van der Waals surface area contributed by atoms with Crippen molar-refractivity contribution in [1.29, 1.82) is 0 Å². The van der Waals surface area contributed by atoms with E-state index < -0.39 is 11.9 Å². The number of nitrogens with zero attached hydrogens (tertiary/aromatic N) is 2. The van der Waals surface area contributed by atoms with E-state index in [-0.39, 0.29) is 23.2 Å². The summed E-state index contributed by atoms with van der Waals surface area (Å²) in [4.78, 5) is 16.3. The summed E-state index contributed by atoms with van der Waals surface area (Å²) in [5.41, 5.74) is 1.62. The maximum atomic E-state index is 13.4.